The smallest absolute Gasteiger partial charge is 0.372 e. The van der Waals surface area contributed by atoms with E-state index in [-0.39, 0.29) is 12.0 Å². The van der Waals surface area contributed by atoms with Crippen LogP contribution >= 0.6 is 0 Å². The summed E-state index contributed by atoms with van der Waals surface area (Å²) in [6, 6.07) is 8.25. The second-order valence-electron chi connectivity index (χ2n) is 5.74. The van der Waals surface area contributed by atoms with Crippen LogP contribution in [0.1, 0.15) is 30.4 Å². The van der Waals surface area contributed by atoms with Gasteiger partial charge in [-0.1, -0.05) is 24.3 Å². The Morgan fingerprint density at radius 1 is 1.29 bits per heavy atom. The monoisotopic (exact) mass is 301 g/mol. The zero-order valence-electron chi connectivity index (χ0n) is 12.3. The minimum atomic E-state index is -4.25. The molecule has 0 fully saturated rings. The molecule has 0 saturated heterocycles. The normalized spacial score (nSPS) is 22.1. The van der Waals surface area contributed by atoms with Crippen LogP contribution in [-0.2, 0) is 16.6 Å². The average molecular weight is 301 g/mol. The van der Waals surface area contributed by atoms with Gasteiger partial charge in [0.05, 0.1) is 0 Å². The molecule has 0 heterocycles. The van der Waals surface area contributed by atoms with Crippen molar-refractivity contribution in [3.05, 3.63) is 35.4 Å². The van der Waals surface area contributed by atoms with Crippen molar-refractivity contribution in [2.45, 2.75) is 37.3 Å². The Morgan fingerprint density at radius 3 is 2.76 bits per heavy atom. The molecular weight excluding hydrogens is 279 g/mol. The molecule has 1 aliphatic rings. The predicted molar refractivity (Wildman–Crippen MR) is 76.5 cm³/mol. The molecule has 2 rings (SSSR count). The molecule has 0 saturated carbocycles. The van der Waals surface area contributed by atoms with Gasteiger partial charge in [-0.3, -0.25) is 0 Å². The van der Waals surface area contributed by atoms with Crippen LogP contribution in [0, 0.1) is 0 Å². The number of aryl methyl sites for hydroxylation is 1. The van der Waals surface area contributed by atoms with Crippen molar-refractivity contribution in [1.82, 2.24) is 5.32 Å². The molecule has 0 spiro atoms. The Balaban J connectivity index is 2.07. The van der Waals surface area contributed by atoms with E-state index in [1.54, 1.807) is 0 Å². The lowest BCUT2D eigenvalue weighted by molar-refractivity contribution is -0.174. The van der Waals surface area contributed by atoms with E-state index in [0.29, 0.717) is 6.42 Å². The highest BCUT2D eigenvalue weighted by molar-refractivity contribution is 5.37. The first kappa shape index (κ1) is 16.3. The van der Waals surface area contributed by atoms with Crippen LogP contribution in [0.3, 0.4) is 0 Å². The highest BCUT2D eigenvalue weighted by Crippen LogP contribution is 2.39. The van der Waals surface area contributed by atoms with Crippen LogP contribution in [0.15, 0.2) is 24.3 Å². The van der Waals surface area contributed by atoms with E-state index < -0.39 is 12.8 Å². The zero-order chi connectivity index (χ0) is 15.3. The number of hydrogen-bond acceptors (Lipinski definition) is 2. The van der Waals surface area contributed by atoms with Crippen molar-refractivity contribution in [2.24, 2.45) is 0 Å². The van der Waals surface area contributed by atoms with Crippen LogP contribution in [0.5, 0.6) is 0 Å². The topological polar surface area (TPSA) is 21.3 Å². The second kappa shape index (κ2) is 6.79. The molecule has 5 heteroatoms. The van der Waals surface area contributed by atoms with Crippen LogP contribution in [-0.4, -0.2) is 33.0 Å². The van der Waals surface area contributed by atoms with Crippen molar-refractivity contribution in [2.75, 3.05) is 26.8 Å². The fourth-order valence-electron chi connectivity index (χ4n) is 3.33. The van der Waals surface area contributed by atoms with Gasteiger partial charge in [0, 0.05) is 18.6 Å². The molecular formula is C16H22F3NO. The number of hydrogen-bond donors (Lipinski definition) is 1. The summed E-state index contributed by atoms with van der Waals surface area (Å²) in [5.74, 6) is 0. The molecule has 0 aliphatic heterocycles. The molecule has 1 N–H and O–H groups in total. The quantitative estimate of drug-likeness (QED) is 0.813. The van der Waals surface area contributed by atoms with Crippen LogP contribution in [0.25, 0.3) is 0 Å². The van der Waals surface area contributed by atoms with E-state index in [2.05, 4.69) is 17.4 Å². The molecule has 1 unspecified atom stereocenters. The first-order chi connectivity index (χ1) is 9.97. The fourth-order valence-corrected chi connectivity index (χ4v) is 3.33. The van der Waals surface area contributed by atoms with Crippen molar-refractivity contribution in [3.8, 4) is 0 Å². The Labute approximate surface area is 123 Å². The summed E-state index contributed by atoms with van der Waals surface area (Å²) in [6.07, 6.45) is -0.537. The number of halogens is 3. The van der Waals surface area contributed by atoms with Crippen LogP contribution in [0.4, 0.5) is 13.2 Å². The Hall–Kier alpha value is -1.07. The van der Waals surface area contributed by atoms with Crippen molar-refractivity contribution >= 4 is 0 Å². The van der Waals surface area contributed by atoms with E-state index in [1.165, 1.54) is 11.1 Å². The molecule has 0 radical (unpaired) electrons. The maximum absolute atomic E-state index is 12.2. The summed E-state index contributed by atoms with van der Waals surface area (Å²) >= 11 is 0. The molecule has 118 valence electrons. The molecule has 0 amide bonds. The van der Waals surface area contributed by atoms with Crippen molar-refractivity contribution < 1.29 is 17.9 Å². The minimum Gasteiger partial charge on any atom is -0.372 e. The number of likely N-dealkylation sites (N-methyl/N-ethyl adjacent to an activating group) is 1. The second-order valence-corrected chi connectivity index (χ2v) is 5.74. The third kappa shape index (κ3) is 4.20. The maximum Gasteiger partial charge on any atom is 0.411 e. The number of fused-ring (bicyclic) bond motifs is 1. The van der Waals surface area contributed by atoms with Gasteiger partial charge in [0.15, 0.2) is 0 Å². The lowest BCUT2D eigenvalue weighted by Crippen LogP contribution is -2.41. The van der Waals surface area contributed by atoms with Crippen molar-refractivity contribution in [3.63, 3.8) is 0 Å². The van der Waals surface area contributed by atoms with Gasteiger partial charge in [0.1, 0.15) is 6.61 Å². The lowest BCUT2D eigenvalue weighted by Gasteiger charge is -2.39. The average Bonchev–Trinajstić information content (AvgIpc) is 2.44. The SMILES string of the molecule is CNCC1(CCOCC(F)(F)F)CCCc2ccccc21. The van der Waals surface area contributed by atoms with E-state index in [1.807, 2.05) is 19.2 Å². The molecule has 21 heavy (non-hydrogen) atoms. The van der Waals surface area contributed by atoms with Gasteiger partial charge < -0.3 is 10.1 Å². The Morgan fingerprint density at radius 2 is 2.05 bits per heavy atom. The summed E-state index contributed by atoms with van der Waals surface area (Å²) in [5.41, 5.74) is 2.46. The Kier molecular flexibility index (Phi) is 5.27. The van der Waals surface area contributed by atoms with Gasteiger partial charge in [0.25, 0.3) is 0 Å². The maximum atomic E-state index is 12.2. The van der Waals surface area contributed by atoms with Crippen LogP contribution in [0.2, 0.25) is 0 Å². The number of nitrogens with one attached hydrogen (secondary N) is 1. The van der Waals surface area contributed by atoms with Gasteiger partial charge in [-0.15, -0.1) is 0 Å². The first-order valence-electron chi connectivity index (χ1n) is 7.34. The van der Waals surface area contributed by atoms with Gasteiger partial charge in [-0.05, 0) is 43.9 Å². The molecule has 1 atom stereocenters. The van der Waals surface area contributed by atoms with Gasteiger partial charge in [-0.2, -0.15) is 13.2 Å². The number of benzene rings is 1. The summed E-state index contributed by atoms with van der Waals surface area (Å²) in [4.78, 5) is 0. The summed E-state index contributed by atoms with van der Waals surface area (Å²) < 4.78 is 41.3. The summed E-state index contributed by atoms with van der Waals surface area (Å²) in [7, 11) is 1.88. The van der Waals surface area contributed by atoms with E-state index in [0.717, 1.165) is 25.8 Å². The fraction of sp³-hybridized carbons (Fsp3) is 0.625. The molecule has 1 aliphatic carbocycles. The highest BCUT2D eigenvalue weighted by Gasteiger charge is 2.36. The predicted octanol–water partition coefficient (Wildman–Crippen LogP) is 3.45. The minimum absolute atomic E-state index is 0.116. The van der Waals surface area contributed by atoms with Gasteiger partial charge >= 0.3 is 6.18 Å². The van der Waals surface area contributed by atoms with E-state index >= 15 is 0 Å². The van der Waals surface area contributed by atoms with Gasteiger partial charge in [-0.25, -0.2) is 0 Å². The van der Waals surface area contributed by atoms with Gasteiger partial charge in [0.2, 0.25) is 0 Å². The first-order valence-corrected chi connectivity index (χ1v) is 7.34. The molecule has 1 aromatic carbocycles. The molecule has 0 bridgehead atoms. The van der Waals surface area contributed by atoms with Crippen LogP contribution < -0.4 is 5.32 Å². The van der Waals surface area contributed by atoms with E-state index in [4.69, 9.17) is 4.74 Å². The third-order valence-electron chi connectivity index (χ3n) is 4.20. The highest BCUT2D eigenvalue weighted by atomic mass is 19.4. The molecule has 0 aromatic heterocycles. The molecule has 2 nitrogen and oxygen atoms in total. The number of alkyl halides is 3. The summed E-state index contributed by atoms with van der Waals surface area (Å²) in [5, 5.41) is 3.20. The standard InChI is InChI=1S/C16H22F3NO/c1-20-11-15(9-10-21-12-16(17,18)19)8-4-6-13-5-2-3-7-14(13)15/h2-3,5,7,20H,4,6,8-12H2,1H3. The Bertz CT molecular complexity index is 461. The zero-order valence-corrected chi connectivity index (χ0v) is 12.3. The van der Waals surface area contributed by atoms with Crippen molar-refractivity contribution in [1.29, 1.82) is 0 Å². The number of rotatable bonds is 6. The summed E-state index contributed by atoms with van der Waals surface area (Å²) in [6.45, 7) is -0.265. The lowest BCUT2D eigenvalue weighted by atomic mass is 9.68. The van der Waals surface area contributed by atoms with E-state index in [9.17, 15) is 13.2 Å². The number of ether oxygens (including phenoxy) is 1. The third-order valence-corrected chi connectivity index (χ3v) is 4.20. The largest absolute Gasteiger partial charge is 0.411 e. The molecule has 1 aromatic rings.